The smallest absolute Gasteiger partial charge is 0.225 e. The molecule has 1 aliphatic heterocycles. The molecule has 1 aromatic carbocycles. The zero-order valence-corrected chi connectivity index (χ0v) is 16.8. The van der Waals surface area contributed by atoms with E-state index in [0.29, 0.717) is 0 Å². The van der Waals surface area contributed by atoms with E-state index >= 15 is 0 Å². The van der Waals surface area contributed by atoms with Gasteiger partial charge in [-0.1, -0.05) is 37.1 Å². The summed E-state index contributed by atoms with van der Waals surface area (Å²) in [7, 11) is 0. The van der Waals surface area contributed by atoms with Crippen LogP contribution in [0.5, 0.6) is 0 Å². The van der Waals surface area contributed by atoms with Crippen LogP contribution in [0, 0.1) is 0 Å². The van der Waals surface area contributed by atoms with Crippen molar-refractivity contribution < 1.29 is 0 Å². The van der Waals surface area contributed by atoms with Gasteiger partial charge in [-0.3, -0.25) is 4.90 Å². The summed E-state index contributed by atoms with van der Waals surface area (Å²) in [6.07, 6.45) is 9.54. The molecule has 1 aliphatic rings. The number of benzene rings is 1. The third-order valence-electron chi connectivity index (χ3n) is 5.43. The molecule has 1 fully saturated rings. The summed E-state index contributed by atoms with van der Waals surface area (Å²) in [5.74, 6) is 0.800. The van der Waals surface area contributed by atoms with E-state index in [-0.39, 0.29) is 5.66 Å². The summed E-state index contributed by atoms with van der Waals surface area (Å²) in [5, 5.41) is 5.41. The fraction of sp³-hybridized carbons (Fsp3) is 0.381. The van der Waals surface area contributed by atoms with Gasteiger partial charge in [-0.05, 0) is 36.2 Å². The Bertz CT molecular complexity index is 860. The predicted molar refractivity (Wildman–Crippen MR) is 111 cm³/mol. The lowest BCUT2D eigenvalue weighted by molar-refractivity contribution is 0.0290. The van der Waals surface area contributed by atoms with Gasteiger partial charge in [-0.2, -0.15) is 5.10 Å². The van der Waals surface area contributed by atoms with E-state index in [9.17, 15) is 0 Å². The predicted octanol–water partition coefficient (Wildman–Crippen LogP) is 3.65. The quantitative estimate of drug-likeness (QED) is 0.636. The molecule has 6 nitrogen and oxygen atoms in total. The standard InChI is InChI=1S/C21H25ClN6/c1-2-9-21(28-13-4-12-25-28,18-5-7-19(22)8-6-18)27-16-14-26(15-17-27)20-23-10-3-11-24-20/h3-8,10-13H,2,9,14-17H2,1H3. The maximum atomic E-state index is 6.18. The molecule has 0 aliphatic carbocycles. The molecule has 3 heterocycles. The van der Waals surface area contributed by atoms with Gasteiger partial charge < -0.3 is 4.90 Å². The summed E-state index contributed by atoms with van der Waals surface area (Å²) >= 11 is 6.18. The number of anilines is 1. The van der Waals surface area contributed by atoms with Gasteiger partial charge in [0, 0.05) is 56.0 Å². The van der Waals surface area contributed by atoms with Crippen molar-refractivity contribution in [2.45, 2.75) is 25.4 Å². The number of rotatable bonds is 6. The van der Waals surface area contributed by atoms with E-state index in [1.807, 2.05) is 30.5 Å². The first-order valence-electron chi connectivity index (χ1n) is 9.77. The maximum absolute atomic E-state index is 6.18. The van der Waals surface area contributed by atoms with Crippen molar-refractivity contribution in [3.8, 4) is 0 Å². The zero-order chi connectivity index (χ0) is 19.4. The molecule has 1 saturated heterocycles. The molecule has 1 unspecified atom stereocenters. The van der Waals surface area contributed by atoms with Crippen LogP contribution in [0.15, 0.2) is 61.2 Å². The summed E-state index contributed by atoms with van der Waals surface area (Å²) < 4.78 is 2.11. The minimum absolute atomic E-state index is 0.327. The topological polar surface area (TPSA) is 50.1 Å². The lowest BCUT2D eigenvalue weighted by Gasteiger charge is -2.48. The summed E-state index contributed by atoms with van der Waals surface area (Å²) in [6.45, 7) is 5.79. The second-order valence-electron chi connectivity index (χ2n) is 7.05. The van der Waals surface area contributed by atoms with Gasteiger partial charge in [0.25, 0.3) is 0 Å². The summed E-state index contributed by atoms with van der Waals surface area (Å²) in [5.41, 5.74) is 0.888. The van der Waals surface area contributed by atoms with Crippen molar-refractivity contribution in [3.05, 3.63) is 71.8 Å². The number of aromatic nitrogens is 4. The van der Waals surface area contributed by atoms with Gasteiger partial charge in [0.1, 0.15) is 5.66 Å². The van der Waals surface area contributed by atoms with E-state index in [0.717, 1.165) is 50.0 Å². The van der Waals surface area contributed by atoms with Gasteiger partial charge in [-0.15, -0.1) is 0 Å². The third-order valence-corrected chi connectivity index (χ3v) is 5.68. The van der Waals surface area contributed by atoms with Crippen LogP contribution in [0.1, 0.15) is 25.3 Å². The number of piperazine rings is 1. The van der Waals surface area contributed by atoms with Crippen molar-refractivity contribution in [2.24, 2.45) is 0 Å². The van der Waals surface area contributed by atoms with Crippen LogP contribution in [0.25, 0.3) is 0 Å². The Balaban J connectivity index is 1.67. The molecule has 7 heteroatoms. The molecule has 1 atom stereocenters. The highest BCUT2D eigenvalue weighted by Crippen LogP contribution is 2.36. The number of hydrogen-bond acceptors (Lipinski definition) is 5. The molecule has 0 N–H and O–H groups in total. The summed E-state index contributed by atoms with van der Waals surface area (Å²) in [6, 6.07) is 12.1. The van der Waals surface area contributed by atoms with E-state index in [1.54, 1.807) is 12.4 Å². The Kier molecular flexibility index (Phi) is 5.59. The van der Waals surface area contributed by atoms with Crippen molar-refractivity contribution in [1.82, 2.24) is 24.6 Å². The van der Waals surface area contributed by atoms with E-state index in [4.69, 9.17) is 11.6 Å². The van der Waals surface area contributed by atoms with Crippen LogP contribution in [-0.4, -0.2) is 50.8 Å². The SMILES string of the molecule is CCCC(c1ccc(Cl)cc1)(N1CCN(c2ncccn2)CC1)n1cccn1. The van der Waals surface area contributed by atoms with Crippen molar-refractivity contribution in [1.29, 1.82) is 0 Å². The average molecular weight is 397 g/mol. The molecular weight excluding hydrogens is 372 g/mol. The zero-order valence-electron chi connectivity index (χ0n) is 16.1. The fourth-order valence-electron chi connectivity index (χ4n) is 4.16. The maximum Gasteiger partial charge on any atom is 0.225 e. The van der Waals surface area contributed by atoms with Crippen molar-refractivity contribution in [2.75, 3.05) is 31.1 Å². The van der Waals surface area contributed by atoms with Crippen LogP contribution in [0.2, 0.25) is 5.02 Å². The van der Waals surface area contributed by atoms with Gasteiger partial charge in [0.15, 0.2) is 0 Å². The first-order chi connectivity index (χ1) is 13.7. The lowest BCUT2D eigenvalue weighted by atomic mass is 9.91. The van der Waals surface area contributed by atoms with Crippen LogP contribution >= 0.6 is 11.6 Å². The first kappa shape index (κ1) is 18.9. The molecular formula is C21H25ClN6. The monoisotopic (exact) mass is 396 g/mol. The molecule has 146 valence electrons. The minimum Gasteiger partial charge on any atom is -0.338 e. The second-order valence-corrected chi connectivity index (χ2v) is 7.48. The van der Waals surface area contributed by atoms with Crippen LogP contribution in [-0.2, 0) is 5.66 Å². The van der Waals surface area contributed by atoms with E-state index in [2.05, 4.69) is 54.8 Å². The molecule has 4 rings (SSSR count). The van der Waals surface area contributed by atoms with Crippen LogP contribution in [0.3, 0.4) is 0 Å². The fourth-order valence-corrected chi connectivity index (χ4v) is 4.29. The second kappa shape index (κ2) is 8.29. The average Bonchev–Trinajstić information content (AvgIpc) is 3.29. The van der Waals surface area contributed by atoms with Gasteiger partial charge >= 0.3 is 0 Å². The molecule has 3 aromatic rings. The first-order valence-corrected chi connectivity index (χ1v) is 10.1. The highest BCUT2D eigenvalue weighted by Gasteiger charge is 2.41. The van der Waals surface area contributed by atoms with Crippen LogP contribution in [0.4, 0.5) is 5.95 Å². The number of halogens is 1. The highest BCUT2D eigenvalue weighted by molar-refractivity contribution is 6.30. The molecule has 0 spiro atoms. The van der Waals surface area contributed by atoms with Crippen molar-refractivity contribution in [3.63, 3.8) is 0 Å². The van der Waals surface area contributed by atoms with Gasteiger partial charge in [0.05, 0.1) is 0 Å². The molecule has 0 bridgehead atoms. The Labute approximate surface area is 170 Å². The molecule has 0 amide bonds. The van der Waals surface area contributed by atoms with Crippen LogP contribution < -0.4 is 4.90 Å². The molecule has 0 saturated carbocycles. The lowest BCUT2D eigenvalue weighted by Crippen LogP contribution is -2.59. The highest BCUT2D eigenvalue weighted by atomic mass is 35.5. The number of nitrogens with zero attached hydrogens (tertiary/aromatic N) is 6. The Morgan fingerprint density at radius 2 is 1.68 bits per heavy atom. The number of hydrogen-bond donors (Lipinski definition) is 0. The Hall–Kier alpha value is -2.44. The minimum atomic E-state index is -0.327. The van der Waals surface area contributed by atoms with E-state index < -0.39 is 0 Å². The normalized spacial score (nSPS) is 17.4. The van der Waals surface area contributed by atoms with Gasteiger partial charge in [0.2, 0.25) is 5.95 Å². The largest absolute Gasteiger partial charge is 0.338 e. The Morgan fingerprint density at radius 3 is 2.29 bits per heavy atom. The molecule has 2 aromatic heterocycles. The molecule has 0 radical (unpaired) electrons. The van der Waals surface area contributed by atoms with Gasteiger partial charge in [-0.25, -0.2) is 14.6 Å². The Morgan fingerprint density at radius 1 is 0.964 bits per heavy atom. The summed E-state index contributed by atoms with van der Waals surface area (Å²) in [4.78, 5) is 13.6. The third kappa shape index (κ3) is 3.50. The molecule has 28 heavy (non-hydrogen) atoms. The van der Waals surface area contributed by atoms with E-state index in [1.165, 1.54) is 5.56 Å². The van der Waals surface area contributed by atoms with Crippen molar-refractivity contribution >= 4 is 17.5 Å².